The van der Waals surface area contributed by atoms with Gasteiger partial charge in [0.1, 0.15) is 5.75 Å². The fourth-order valence-electron chi connectivity index (χ4n) is 3.05. The molecule has 2 amide bonds. The quantitative estimate of drug-likeness (QED) is 0.205. The van der Waals surface area contributed by atoms with Crippen LogP contribution in [0.4, 0.5) is 4.79 Å². The number of imide groups is 1. The summed E-state index contributed by atoms with van der Waals surface area (Å²) >= 11 is 18.7. The SMILES string of the molecule is O=C(Oc1ccccc1/C=C1\SC(=O)N(Cc2ccc(Cl)cc2)C1=O)c1ccc(Cl)cc1Cl. The van der Waals surface area contributed by atoms with Crippen molar-refractivity contribution in [2.75, 3.05) is 0 Å². The molecule has 0 aliphatic carbocycles. The maximum Gasteiger partial charge on any atom is 0.345 e. The van der Waals surface area contributed by atoms with E-state index < -0.39 is 11.9 Å². The number of esters is 1. The third kappa shape index (κ3) is 5.42. The molecule has 3 aromatic carbocycles. The first kappa shape index (κ1) is 23.4. The molecule has 0 spiro atoms. The molecular weight excluding hydrogens is 505 g/mol. The standard InChI is InChI=1S/C24H14Cl3NO4S/c25-16-7-5-14(6-8-16)13-28-22(29)21(33-24(28)31)11-15-3-1-2-4-20(15)32-23(30)18-10-9-17(26)12-19(18)27/h1-12H,13H2/b21-11-. The van der Waals surface area contributed by atoms with E-state index in [9.17, 15) is 14.4 Å². The molecule has 1 saturated heterocycles. The predicted molar refractivity (Wildman–Crippen MR) is 131 cm³/mol. The zero-order valence-corrected chi connectivity index (χ0v) is 19.8. The molecule has 3 aromatic rings. The molecule has 0 saturated carbocycles. The van der Waals surface area contributed by atoms with Crippen LogP contribution in [0.15, 0.2) is 71.6 Å². The Bertz CT molecular complexity index is 1290. The van der Waals surface area contributed by atoms with Crippen LogP contribution in [-0.2, 0) is 11.3 Å². The molecule has 1 aliphatic rings. The third-order valence-corrected chi connectivity index (χ3v) is 6.39. The van der Waals surface area contributed by atoms with Crippen molar-refractivity contribution in [3.05, 3.63) is 103 Å². The monoisotopic (exact) mass is 517 g/mol. The minimum atomic E-state index is -0.673. The first-order valence-electron chi connectivity index (χ1n) is 9.58. The predicted octanol–water partition coefficient (Wildman–Crippen LogP) is 7.10. The van der Waals surface area contributed by atoms with Crippen molar-refractivity contribution in [1.82, 2.24) is 4.90 Å². The van der Waals surface area contributed by atoms with E-state index in [0.717, 1.165) is 22.2 Å². The van der Waals surface area contributed by atoms with Gasteiger partial charge >= 0.3 is 5.97 Å². The first-order chi connectivity index (χ1) is 15.8. The van der Waals surface area contributed by atoms with Crippen LogP contribution < -0.4 is 4.74 Å². The molecular formula is C24H14Cl3NO4S. The van der Waals surface area contributed by atoms with Crippen LogP contribution >= 0.6 is 46.6 Å². The molecule has 0 atom stereocenters. The van der Waals surface area contributed by atoms with E-state index in [1.807, 2.05) is 0 Å². The number of hydrogen-bond donors (Lipinski definition) is 0. The van der Waals surface area contributed by atoms with Gasteiger partial charge in [-0.1, -0.05) is 65.1 Å². The van der Waals surface area contributed by atoms with Gasteiger partial charge in [-0.15, -0.1) is 0 Å². The Morgan fingerprint density at radius 1 is 0.939 bits per heavy atom. The van der Waals surface area contributed by atoms with Gasteiger partial charge in [0, 0.05) is 15.6 Å². The van der Waals surface area contributed by atoms with E-state index in [1.165, 1.54) is 24.3 Å². The van der Waals surface area contributed by atoms with Gasteiger partial charge in [0.25, 0.3) is 11.1 Å². The molecule has 9 heteroatoms. The van der Waals surface area contributed by atoms with Gasteiger partial charge in [-0.3, -0.25) is 14.5 Å². The Balaban J connectivity index is 1.56. The van der Waals surface area contributed by atoms with Crippen LogP contribution in [0.25, 0.3) is 6.08 Å². The van der Waals surface area contributed by atoms with E-state index in [0.29, 0.717) is 15.6 Å². The van der Waals surface area contributed by atoms with Crippen molar-refractivity contribution in [1.29, 1.82) is 0 Å². The maximum atomic E-state index is 12.9. The van der Waals surface area contributed by atoms with Gasteiger partial charge in [0.05, 0.1) is 22.0 Å². The third-order valence-electron chi connectivity index (χ3n) is 4.69. The van der Waals surface area contributed by atoms with Crippen molar-refractivity contribution in [3.8, 4) is 5.75 Å². The highest BCUT2D eigenvalue weighted by atomic mass is 35.5. The van der Waals surface area contributed by atoms with Gasteiger partial charge in [-0.05, 0) is 59.8 Å². The van der Waals surface area contributed by atoms with Crippen LogP contribution in [0.3, 0.4) is 0 Å². The van der Waals surface area contributed by atoms with Crippen LogP contribution in [0.1, 0.15) is 21.5 Å². The topological polar surface area (TPSA) is 63.7 Å². The number of para-hydroxylation sites is 1. The highest BCUT2D eigenvalue weighted by Gasteiger charge is 2.35. The molecule has 1 aliphatic heterocycles. The number of carbonyl (C=O) groups excluding carboxylic acids is 3. The number of rotatable bonds is 5. The summed E-state index contributed by atoms with van der Waals surface area (Å²) in [6.45, 7) is 0.130. The second kappa shape index (κ2) is 10.0. The Labute approximate surface area is 208 Å². The number of amides is 2. The lowest BCUT2D eigenvalue weighted by atomic mass is 10.1. The summed E-state index contributed by atoms with van der Waals surface area (Å²) in [5, 5.41) is 0.738. The second-order valence-electron chi connectivity index (χ2n) is 6.95. The smallest absolute Gasteiger partial charge is 0.345 e. The maximum absolute atomic E-state index is 12.9. The van der Waals surface area contributed by atoms with Crippen molar-refractivity contribution in [2.24, 2.45) is 0 Å². The molecule has 4 rings (SSSR count). The Morgan fingerprint density at radius 3 is 2.36 bits per heavy atom. The van der Waals surface area contributed by atoms with Gasteiger partial charge in [-0.25, -0.2) is 4.79 Å². The molecule has 0 aromatic heterocycles. The highest BCUT2D eigenvalue weighted by molar-refractivity contribution is 8.18. The van der Waals surface area contributed by atoms with E-state index in [1.54, 1.807) is 48.5 Å². The molecule has 0 bridgehead atoms. The summed E-state index contributed by atoms with van der Waals surface area (Å²) in [5.74, 6) is -0.881. The van der Waals surface area contributed by atoms with E-state index in [4.69, 9.17) is 39.5 Å². The van der Waals surface area contributed by atoms with Gasteiger partial charge in [0.15, 0.2) is 0 Å². The van der Waals surface area contributed by atoms with Crippen LogP contribution in [0, 0.1) is 0 Å². The minimum absolute atomic E-state index is 0.130. The second-order valence-corrected chi connectivity index (χ2v) is 9.22. The fraction of sp³-hybridized carbons (Fsp3) is 0.0417. The zero-order valence-electron chi connectivity index (χ0n) is 16.8. The molecule has 0 radical (unpaired) electrons. The number of nitrogens with zero attached hydrogens (tertiary/aromatic N) is 1. The van der Waals surface area contributed by atoms with E-state index in [2.05, 4.69) is 0 Å². The number of halogens is 3. The van der Waals surface area contributed by atoms with Gasteiger partial charge < -0.3 is 4.74 Å². The Kier molecular flexibility index (Phi) is 7.10. The fourth-order valence-corrected chi connectivity index (χ4v) is 4.49. The number of hydrogen-bond acceptors (Lipinski definition) is 5. The average Bonchev–Trinajstić information content (AvgIpc) is 3.04. The first-order valence-corrected chi connectivity index (χ1v) is 11.5. The summed E-state index contributed by atoms with van der Waals surface area (Å²) in [7, 11) is 0. The van der Waals surface area contributed by atoms with Crippen LogP contribution in [0.2, 0.25) is 15.1 Å². The van der Waals surface area contributed by atoms with Crippen LogP contribution in [0.5, 0.6) is 5.75 Å². The molecule has 33 heavy (non-hydrogen) atoms. The highest BCUT2D eigenvalue weighted by Crippen LogP contribution is 2.35. The largest absolute Gasteiger partial charge is 0.422 e. The van der Waals surface area contributed by atoms with Gasteiger partial charge in [0.2, 0.25) is 0 Å². The Hall–Kier alpha value is -2.77. The van der Waals surface area contributed by atoms with Crippen molar-refractivity contribution >= 4 is 69.8 Å². The summed E-state index contributed by atoms with van der Waals surface area (Å²) in [6, 6.07) is 18.0. The minimum Gasteiger partial charge on any atom is -0.422 e. The normalized spacial score (nSPS) is 14.8. The lowest BCUT2D eigenvalue weighted by Gasteiger charge is -2.12. The molecule has 1 heterocycles. The number of carbonyl (C=O) groups is 3. The van der Waals surface area contributed by atoms with E-state index >= 15 is 0 Å². The zero-order chi connectivity index (χ0) is 23.5. The molecule has 0 unspecified atom stereocenters. The number of thioether (sulfide) groups is 1. The summed E-state index contributed by atoms with van der Waals surface area (Å²) in [6.07, 6.45) is 1.53. The Morgan fingerprint density at radius 2 is 1.64 bits per heavy atom. The lowest BCUT2D eigenvalue weighted by molar-refractivity contribution is -0.123. The number of ether oxygens (including phenoxy) is 1. The van der Waals surface area contributed by atoms with Gasteiger partial charge in [-0.2, -0.15) is 0 Å². The molecule has 1 fully saturated rings. The van der Waals surface area contributed by atoms with Crippen molar-refractivity contribution < 1.29 is 19.1 Å². The molecule has 0 N–H and O–H groups in total. The lowest BCUT2D eigenvalue weighted by Crippen LogP contribution is -2.27. The summed E-state index contributed by atoms with van der Waals surface area (Å²) < 4.78 is 5.52. The van der Waals surface area contributed by atoms with Crippen molar-refractivity contribution in [3.63, 3.8) is 0 Å². The van der Waals surface area contributed by atoms with Crippen molar-refractivity contribution in [2.45, 2.75) is 6.54 Å². The number of benzene rings is 3. The summed E-state index contributed by atoms with van der Waals surface area (Å²) in [4.78, 5) is 39.3. The molecule has 5 nitrogen and oxygen atoms in total. The molecule has 166 valence electrons. The average molecular weight is 519 g/mol. The van der Waals surface area contributed by atoms with E-state index in [-0.39, 0.29) is 33.0 Å². The summed E-state index contributed by atoms with van der Waals surface area (Å²) in [5.41, 5.74) is 1.39. The van der Waals surface area contributed by atoms with Crippen LogP contribution in [-0.4, -0.2) is 22.0 Å².